The number of thiophene rings is 1. The number of aryl methyl sites for hydroxylation is 2. The van der Waals surface area contributed by atoms with E-state index in [0.717, 1.165) is 22.7 Å². The van der Waals surface area contributed by atoms with Gasteiger partial charge in [-0.2, -0.15) is 5.26 Å². The van der Waals surface area contributed by atoms with Gasteiger partial charge in [0.2, 0.25) is 0 Å². The lowest BCUT2D eigenvalue weighted by Crippen LogP contribution is -2.10. The number of nitrogens with zero attached hydrogens (tertiary/aromatic N) is 2. The van der Waals surface area contributed by atoms with Crippen molar-refractivity contribution in [3.63, 3.8) is 0 Å². The predicted molar refractivity (Wildman–Crippen MR) is 105 cm³/mol. The normalized spacial score (nSPS) is 10.9. The van der Waals surface area contributed by atoms with Gasteiger partial charge in [-0.1, -0.05) is 0 Å². The molecule has 0 aliphatic rings. The molecule has 0 fully saturated rings. The molecular formula is C18H19N5O3S. The number of fused-ring (bicyclic) bond motifs is 1. The number of aromatic nitrogens is 1. The second-order valence-electron chi connectivity index (χ2n) is 6.07. The zero-order valence-corrected chi connectivity index (χ0v) is 15.7. The molecule has 3 aromatic heterocycles. The monoisotopic (exact) mass is 385 g/mol. The molecule has 3 heterocycles. The molecule has 8 nitrogen and oxygen atoms in total. The Morgan fingerprint density at radius 1 is 1.48 bits per heavy atom. The van der Waals surface area contributed by atoms with E-state index in [-0.39, 0.29) is 22.7 Å². The number of furan rings is 1. The second kappa shape index (κ2) is 7.26. The van der Waals surface area contributed by atoms with Crippen LogP contribution in [0, 0.1) is 25.2 Å². The van der Waals surface area contributed by atoms with Crippen molar-refractivity contribution in [1.29, 1.82) is 5.26 Å². The van der Waals surface area contributed by atoms with Gasteiger partial charge in [-0.3, -0.25) is 4.79 Å². The van der Waals surface area contributed by atoms with Crippen LogP contribution in [0.1, 0.15) is 33.0 Å². The zero-order chi connectivity index (χ0) is 19.7. The molecule has 0 aromatic carbocycles. The van der Waals surface area contributed by atoms with Crippen LogP contribution in [0.15, 0.2) is 10.5 Å². The summed E-state index contributed by atoms with van der Waals surface area (Å²) in [6.07, 6.45) is 0.498. The number of hydrogen-bond donors (Lipinski definition) is 4. The molecule has 27 heavy (non-hydrogen) atoms. The first kappa shape index (κ1) is 18.7. The SMILES string of the molecule is Cc1cc(-c2c(C#N)c(NCCCO)nc3sc(C(N)=O)c(N)c23)oc1C. The van der Waals surface area contributed by atoms with Crippen LogP contribution >= 0.6 is 11.3 Å². The molecule has 0 saturated carbocycles. The molecule has 0 spiro atoms. The summed E-state index contributed by atoms with van der Waals surface area (Å²) in [5.74, 6) is 0.885. The molecule has 0 unspecified atom stereocenters. The summed E-state index contributed by atoms with van der Waals surface area (Å²) in [5.41, 5.74) is 13.5. The number of rotatable bonds is 6. The minimum Gasteiger partial charge on any atom is -0.461 e. The molecule has 0 saturated heterocycles. The van der Waals surface area contributed by atoms with Crippen molar-refractivity contribution in [2.24, 2.45) is 5.73 Å². The van der Waals surface area contributed by atoms with Gasteiger partial charge in [0.25, 0.3) is 5.91 Å². The summed E-state index contributed by atoms with van der Waals surface area (Å²) in [6, 6.07) is 3.98. The minimum atomic E-state index is -0.651. The third-order valence-corrected chi connectivity index (χ3v) is 5.37. The van der Waals surface area contributed by atoms with E-state index in [9.17, 15) is 10.1 Å². The minimum absolute atomic E-state index is 0.0122. The standard InChI is InChI=1S/C18H19N5O3S/c1-8-6-11(26-9(8)2)12-10(7-19)17(22-4-3-5-24)23-18-13(12)14(20)15(27-18)16(21)25/h6,24H,3-5,20H2,1-2H3,(H2,21,25)(H,22,23). The third kappa shape index (κ3) is 3.20. The fraction of sp³-hybridized carbons (Fsp3) is 0.278. The Labute approximate surface area is 159 Å². The molecule has 3 aromatic rings. The van der Waals surface area contributed by atoms with Gasteiger partial charge in [0, 0.05) is 18.5 Å². The molecule has 1 amide bonds. The lowest BCUT2D eigenvalue weighted by Gasteiger charge is -2.11. The molecule has 0 aliphatic heterocycles. The first-order chi connectivity index (χ1) is 12.9. The predicted octanol–water partition coefficient (Wildman–Crippen LogP) is 2.52. The van der Waals surface area contributed by atoms with Crippen LogP contribution in [0.3, 0.4) is 0 Å². The number of anilines is 2. The number of amides is 1. The summed E-state index contributed by atoms with van der Waals surface area (Å²) in [7, 11) is 0. The Kier molecular flexibility index (Phi) is 5.03. The van der Waals surface area contributed by atoms with Crippen LogP contribution in [-0.2, 0) is 0 Å². The largest absolute Gasteiger partial charge is 0.461 e. The molecule has 0 aliphatic carbocycles. The lowest BCUT2D eigenvalue weighted by molar-refractivity contribution is 0.100. The van der Waals surface area contributed by atoms with Crippen LogP contribution in [-0.4, -0.2) is 29.1 Å². The highest BCUT2D eigenvalue weighted by Gasteiger charge is 2.26. The van der Waals surface area contributed by atoms with E-state index in [4.69, 9.17) is 21.0 Å². The second-order valence-corrected chi connectivity index (χ2v) is 7.06. The number of hydrogen-bond acceptors (Lipinski definition) is 8. The van der Waals surface area contributed by atoms with Crippen LogP contribution < -0.4 is 16.8 Å². The third-order valence-electron chi connectivity index (χ3n) is 4.25. The van der Waals surface area contributed by atoms with Crippen molar-refractivity contribution < 1.29 is 14.3 Å². The number of nitrogen functional groups attached to an aromatic ring is 1. The maximum Gasteiger partial charge on any atom is 0.260 e. The summed E-state index contributed by atoms with van der Waals surface area (Å²) in [5, 5.41) is 22.4. The average molecular weight is 385 g/mol. The number of carbonyl (C=O) groups excluding carboxylic acids is 1. The molecule has 6 N–H and O–H groups in total. The number of pyridine rings is 1. The molecule has 140 valence electrons. The van der Waals surface area contributed by atoms with E-state index in [2.05, 4.69) is 16.4 Å². The summed E-state index contributed by atoms with van der Waals surface area (Å²) >= 11 is 1.07. The van der Waals surface area contributed by atoms with Crippen molar-refractivity contribution in [2.45, 2.75) is 20.3 Å². The van der Waals surface area contributed by atoms with Gasteiger partial charge in [0.05, 0.1) is 11.3 Å². The number of nitrogens with two attached hydrogens (primary N) is 2. The molecule has 9 heteroatoms. The Morgan fingerprint density at radius 2 is 2.22 bits per heavy atom. The van der Waals surface area contributed by atoms with Gasteiger partial charge >= 0.3 is 0 Å². The number of primary amides is 1. The highest BCUT2D eigenvalue weighted by molar-refractivity contribution is 7.21. The first-order valence-electron chi connectivity index (χ1n) is 8.27. The van der Waals surface area contributed by atoms with Gasteiger partial charge in [-0.05, 0) is 31.9 Å². The Balaban J connectivity index is 2.36. The average Bonchev–Trinajstić information content (AvgIpc) is 3.13. The van der Waals surface area contributed by atoms with Crippen molar-refractivity contribution in [1.82, 2.24) is 4.98 Å². The zero-order valence-electron chi connectivity index (χ0n) is 14.9. The summed E-state index contributed by atoms with van der Waals surface area (Å²) < 4.78 is 5.84. The quantitative estimate of drug-likeness (QED) is 0.476. The van der Waals surface area contributed by atoms with Crippen molar-refractivity contribution >= 4 is 39.0 Å². The number of carbonyl (C=O) groups is 1. The summed E-state index contributed by atoms with van der Waals surface area (Å²) in [4.78, 5) is 16.9. The molecule has 0 atom stereocenters. The van der Waals surface area contributed by atoms with Crippen LogP contribution in [0.5, 0.6) is 0 Å². The van der Waals surface area contributed by atoms with E-state index in [1.54, 1.807) is 0 Å². The highest BCUT2D eigenvalue weighted by Crippen LogP contribution is 2.43. The van der Waals surface area contributed by atoms with Crippen LogP contribution in [0.2, 0.25) is 0 Å². The van der Waals surface area contributed by atoms with Gasteiger partial charge in [-0.15, -0.1) is 11.3 Å². The van der Waals surface area contributed by atoms with E-state index in [0.29, 0.717) is 40.3 Å². The van der Waals surface area contributed by atoms with Gasteiger partial charge in [0.1, 0.15) is 38.7 Å². The van der Waals surface area contributed by atoms with Crippen molar-refractivity contribution in [2.75, 3.05) is 24.2 Å². The molecule has 3 rings (SSSR count). The molecule has 0 radical (unpaired) electrons. The van der Waals surface area contributed by atoms with Crippen molar-refractivity contribution in [3.8, 4) is 17.4 Å². The summed E-state index contributed by atoms with van der Waals surface area (Å²) in [6.45, 7) is 4.18. The lowest BCUT2D eigenvalue weighted by atomic mass is 10.0. The van der Waals surface area contributed by atoms with Gasteiger partial charge in [-0.25, -0.2) is 4.98 Å². The number of aliphatic hydroxyl groups is 1. The Morgan fingerprint density at radius 3 is 2.78 bits per heavy atom. The Hall–Kier alpha value is -3.09. The van der Waals surface area contributed by atoms with E-state index in [1.165, 1.54) is 0 Å². The van der Waals surface area contributed by atoms with Crippen molar-refractivity contribution in [3.05, 3.63) is 27.8 Å². The Bertz CT molecular complexity index is 1060. The molecular weight excluding hydrogens is 366 g/mol. The topological polar surface area (TPSA) is 151 Å². The van der Waals surface area contributed by atoms with Crippen LogP contribution in [0.4, 0.5) is 11.5 Å². The highest BCUT2D eigenvalue weighted by atomic mass is 32.1. The van der Waals surface area contributed by atoms with Gasteiger partial charge in [0.15, 0.2) is 0 Å². The number of nitriles is 1. The first-order valence-corrected chi connectivity index (χ1v) is 9.08. The van der Waals surface area contributed by atoms with E-state index >= 15 is 0 Å². The van der Waals surface area contributed by atoms with E-state index in [1.807, 2.05) is 19.9 Å². The smallest absolute Gasteiger partial charge is 0.260 e. The fourth-order valence-corrected chi connectivity index (χ4v) is 3.76. The fourth-order valence-electron chi connectivity index (χ4n) is 2.80. The number of nitrogens with one attached hydrogen (secondary N) is 1. The maximum atomic E-state index is 11.7. The molecule has 0 bridgehead atoms. The van der Waals surface area contributed by atoms with Crippen LogP contribution in [0.25, 0.3) is 21.5 Å². The maximum absolute atomic E-state index is 11.7. The number of aliphatic hydroxyl groups excluding tert-OH is 1. The van der Waals surface area contributed by atoms with Gasteiger partial charge < -0.3 is 26.3 Å². The van der Waals surface area contributed by atoms with E-state index < -0.39 is 5.91 Å².